The maximum atomic E-state index is 13.6. The topological polar surface area (TPSA) is 54.5 Å². The van der Waals surface area contributed by atoms with E-state index in [1.54, 1.807) is 24.4 Å². The lowest BCUT2D eigenvalue weighted by molar-refractivity contribution is -0.0527. The summed E-state index contributed by atoms with van der Waals surface area (Å²) in [4.78, 5) is 18.5. The summed E-state index contributed by atoms with van der Waals surface area (Å²) in [5, 5.41) is 2.85. The fraction of sp³-hybridized carbons (Fsp3) is 0.368. The van der Waals surface area contributed by atoms with Crippen LogP contribution in [0, 0.1) is 3.57 Å². The second-order valence-electron chi connectivity index (χ2n) is 6.74. The number of hydrogen-bond donors (Lipinski definition) is 1. The fourth-order valence-electron chi connectivity index (χ4n) is 3.23. The lowest BCUT2D eigenvalue weighted by Gasteiger charge is -2.26. The van der Waals surface area contributed by atoms with Gasteiger partial charge in [0.15, 0.2) is 5.82 Å². The number of hydrogen-bond acceptors (Lipinski definition) is 4. The number of ether oxygens (including phenoxy) is 1. The van der Waals surface area contributed by atoms with Gasteiger partial charge in [-0.2, -0.15) is 0 Å². The Labute approximate surface area is 169 Å². The fourth-order valence-corrected chi connectivity index (χ4v) is 3.77. The molecule has 1 amide bonds. The van der Waals surface area contributed by atoms with Crippen LogP contribution in [0.3, 0.4) is 0 Å². The molecule has 2 aliphatic rings. The quantitative estimate of drug-likeness (QED) is 0.659. The highest BCUT2D eigenvalue weighted by Crippen LogP contribution is 2.36. The molecule has 1 N–H and O–H groups in total. The van der Waals surface area contributed by atoms with E-state index < -0.39 is 5.92 Å². The highest BCUT2D eigenvalue weighted by molar-refractivity contribution is 14.1. The van der Waals surface area contributed by atoms with Gasteiger partial charge < -0.3 is 15.0 Å². The highest BCUT2D eigenvalue weighted by atomic mass is 127. The van der Waals surface area contributed by atoms with Gasteiger partial charge >= 0.3 is 0 Å². The molecule has 1 atom stereocenters. The zero-order chi connectivity index (χ0) is 19.0. The molecule has 142 valence electrons. The van der Waals surface area contributed by atoms with Crippen molar-refractivity contribution in [1.29, 1.82) is 0 Å². The molecule has 0 spiro atoms. The minimum absolute atomic E-state index is 0.116. The van der Waals surface area contributed by atoms with Gasteiger partial charge in [0.2, 0.25) is 0 Å². The summed E-state index contributed by atoms with van der Waals surface area (Å²) in [7, 11) is 0. The molecule has 2 aliphatic heterocycles. The van der Waals surface area contributed by atoms with Crippen molar-refractivity contribution in [3.63, 3.8) is 0 Å². The van der Waals surface area contributed by atoms with Crippen molar-refractivity contribution < 1.29 is 18.3 Å². The van der Waals surface area contributed by atoms with Crippen LogP contribution < -0.4 is 10.2 Å². The third kappa shape index (κ3) is 3.91. The van der Waals surface area contributed by atoms with Crippen LogP contribution in [-0.4, -0.2) is 36.5 Å². The Bertz CT molecular complexity index is 857. The molecule has 2 saturated heterocycles. The van der Waals surface area contributed by atoms with E-state index in [1.807, 2.05) is 12.1 Å². The van der Waals surface area contributed by atoms with E-state index in [1.165, 1.54) is 4.90 Å². The van der Waals surface area contributed by atoms with Crippen molar-refractivity contribution in [1.82, 2.24) is 4.98 Å². The molecule has 0 bridgehead atoms. The number of alkyl halides is 2. The maximum absolute atomic E-state index is 13.6. The lowest BCUT2D eigenvalue weighted by Crippen LogP contribution is -2.27. The summed E-state index contributed by atoms with van der Waals surface area (Å²) in [6.45, 7) is 0.586. The Morgan fingerprint density at radius 3 is 2.63 bits per heavy atom. The number of pyridine rings is 1. The van der Waals surface area contributed by atoms with Crippen LogP contribution in [0.25, 0.3) is 0 Å². The monoisotopic (exact) mass is 485 g/mol. The van der Waals surface area contributed by atoms with E-state index in [0.717, 1.165) is 22.2 Å². The second kappa shape index (κ2) is 7.31. The SMILES string of the molecule is O=C(Nc1c(I)ccnc1N1CCC(F)(F)C1)c1ccc(C2CCO2)cc1. The molecule has 2 aromatic rings. The zero-order valence-electron chi connectivity index (χ0n) is 14.4. The number of carbonyl (C=O) groups is 1. The Morgan fingerprint density at radius 2 is 2.04 bits per heavy atom. The van der Waals surface area contributed by atoms with Crippen LogP contribution in [0.15, 0.2) is 36.5 Å². The summed E-state index contributed by atoms with van der Waals surface area (Å²) >= 11 is 2.08. The van der Waals surface area contributed by atoms with Crippen LogP contribution in [-0.2, 0) is 4.74 Å². The first kappa shape index (κ1) is 18.5. The molecule has 1 aromatic heterocycles. The first-order valence-electron chi connectivity index (χ1n) is 8.73. The maximum Gasteiger partial charge on any atom is 0.266 e. The van der Waals surface area contributed by atoms with Gasteiger partial charge in [-0.15, -0.1) is 0 Å². The Morgan fingerprint density at radius 1 is 1.30 bits per heavy atom. The Kier molecular flexibility index (Phi) is 5.02. The predicted molar refractivity (Wildman–Crippen MR) is 106 cm³/mol. The van der Waals surface area contributed by atoms with Crippen molar-refractivity contribution >= 4 is 40.0 Å². The number of benzene rings is 1. The van der Waals surface area contributed by atoms with Crippen LogP contribution in [0.4, 0.5) is 20.3 Å². The van der Waals surface area contributed by atoms with Gasteiger partial charge in [-0.25, -0.2) is 13.8 Å². The van der Waals surface area contributed by atoms with Gasteiger partial charge in [0.25, 0.3) is 11.8 Å². The van der Waals surface area contributed by atoms with E-state index in [0.29, 0.717) is 17.1 Å². The number of nitrogens with one attached hydrogen (secondary N) is 1. The average Bonchev–Trinajstić information content (AvgIpc) is 2.95. The number of nitrogens with zero attached hydrogens (tertiary/aromatic N) is 2. The van der Waals surface area contributed by atoms with Crippen molar-refractivity contribution in [3.8, 4) is 0 Å². The van der Waals surface area contributed by atoms with Crippen molar-refractivity contribution in [2.75, 3.05) is 29.9 Å². The summed E-state index contributed by atoms with van der Waals surface area (Å²) in [5.41, 5.74) is 2.01. The standard InChI is InChI=1S/C19H18F2IN3O2/c20-19(21)7-9-25(11-19)17-16(14(22)5-8-23-17)24-18(26)13-3-1-12(2-4-13)15-6-10-27-15/h1-5,8,15H,6-7,9-11H2,(H,24,26). The van der Waals surface area contributed by atoms with Gasteiger partial charge in [-0.3, -0.25) is 4.79 Å². The summed E-state index contributed by atoms with van der Waals surface area (Å²) in [6.07, 6.45) is 2.46. The summed E-state index contributed by atoms with van der Waals surface area (Å²) in [5.74, 6) is -2.65. The van der Waals surface area contributed by atoms with Gasteiger partial charge in [-0.1, -0.05) is 12.1 Å². The lowest BCUT2D eigenvalue weighted by atomic mass is 10.0. The van der Waals surface area contributed by atoms with E-state index in [-0.39, 0.29) is 31.5 Å². The van der Waals surface area contributed by atoms with Gasteiger partial charge in [-0.05, 0) is 46.4 Å². The largest absolute Gasteiger partial charge is 0.373 e. The number of anilines is 2. The smallest absolute Gasteiger partial charge is 0.266 e. The molecule has 1 unspecified atom stereocenters. The molecule has 1 aromatic carbocycles. The first-order valence-corrected chi connectivity index (χ1v) is 9.81. The molecule has 4 rings (SSSR count). The molecule has 0 saturated carbocycles. The Hall–Kier alpha value is -1.81. The molecule has 5 nitrogen and oxygen atoms in total. The van der Waals surface area contributed by atoms with Crippen molar-refractivity contribution in [2.45, 2.75) is 24.9 Å². The number of amides is 1. The predicted octanol–water partition coefficient (Wildman–Crippen LogP) is 4.25. The van der Waals surface area contributed by atoms with E-state index in [4.69, 9.17) is 4.74 Å². The summed E-state index contributed by atoms with van der Waals surface area (Å²) in [6, 6.07) is 9.01. The van der Waals surface area contributed by atoms with Gasteiger partial charge in [0, 0.05) is 34.7 Å². The molecule has 3 heterocycles. The third-order valence-corrected chi connectivity index (χ3v) is 5.73. The van der Waals surface area contributed by atoms with Crippen molar-refractivity contribution in [2.24, 2.45) is 0 Å². The van der Waals surface area contributed by atoms with Crippen LogP contribution >= 0.6 is 22.6 Å². The molecule has 2 fully saturated rings. The van der Waals surface area contributed by atoms with Gasteiger partial charge in [0.1, 0.15) is 0 Å². The number of halogens is 3. The first-order chi connectivity index (χ1) is 12.9. The number of rotatable bonds is 4. The minimum atomic E-state index is -2.73. The number of carbonyl (C=O) groups excluding carboxylic acids is 1. The van der Waals surface area contributed by atoms with Crippen LogP contribution in [0.5, 0.6) is 0 Å². The number of aromatic nitrogens is 1. The zero-order valence-corrected chi connectivity index (χ0v) is 16.6. The molecule has 0 aliphatic carbocycles. The van der Waals surface area contributed by atoms with Gasteiger partial charge in [0.05, 0.1) is 24.9 Å². The normalized spacial score (nSPS) is 21.0. The second-order valence-corrected chi connectivity index (χ2v) is 7.91. The molecule has 0 radical (unpaired) electrons. The van der Waals surface area contributed by atoms with Crippen LogP contribution in [0.1, 0.15) is 34.9 Å². The molecular formula is C19H18F2IN3O2. The van der Waals surface area contributed by atoms with Crippen LogP contribution in [0.2, 0.25) is 0 Å². The van der Waals surface area contributed by atoms with E-state index >= 15 is 0 Å². The highest BCUT2D eigenvalue weighted by Gasteiger charge is 2.39. The van der Waals surface area contributed by atoms with E-state index in [2.05, 4.69) is 32.9 Å². The third-order valence-electron chi connectivity index (χ3n) is 4.83. The minimum Gasteiger partial charge on any atom is -0.373 e. The van der Waals surface area contributed by atoms with E-state index in [9.17, 15) is 13.6 Å². The van der Waals surface area contributed by atoms with Crippen molar-refractivity contribution in [3.05, 3.63) is 51.2 Å². The summed E-state index contributed by atoms with van der Waals surface area (Å²) < 4.78 is 33.4. The average molecular weight is 485 g/mol. The Balaban J connectivity index is 1.54. The molecular weight excluding hydrogens is 467 g/mol. The molecule has 27 heavy (non-hydrogen) atoms. The molecule has 8 heteroatoms.